The van der Waals surface area contributed by atoms with Crippen molar-refractivity contribution in [3.8, 4) is 11.1 Å². The normalized spacial score (nSPS) is 10.6. The molecule has 17 heavy (non-hydrogen) atoms. The smallest absolute Gasteiger partial charge is 0.123 e. The maximum atomic E-state index is 13.2. The first-order valence-corrected chi connectivity index (χ1v) is 5.41. The van der Waals surface area contributed by atoms with Gasteiger partial charge in [0.15, 0.2) is 0 Å². The second kappa shape index (κ2) is 4.02. The van der Waals surface area contributed by atoms with E-state index in [0.29, 0.717) is 0 Å². The van der Waals surface area contributed by atoms with Gasteiger partial charge in [-0.2, -0.15) is 0 Å². The van der Waals surface area contributed by atoms with Gasteiger partial charge in [-0.1, -0.05) is 36.4 Å². The van der Waals surface area contributed by atoms with E-state index >= 15 is 0 Å². The van der Waals surface area contributed by atoms with Crippen molar-refractivity contribution in [1.29, 1.82) is 0 Å². The highest BCUT2D eigenvalue weighted by Gasteiger charge is 2.00. The number of halogens is 1. The molecule has 0 atom stereocenters. The molecule has 0 aliphatic rings. The predicted molar refractivity (Wildman–Crippen MR) is 67.0 cm³/mol. The van der Waals surface area contributed by atoms with Crippen LogP contribution in [0.4, 0.5) is 4.39 Å². The minimum atomic E-state index is -0.212. The Balaban J connectivity index is 2.19. The SMILES string of the molecule is Fc1ccc2ccc(-c3[c]ccc[c]3)cc2c1. The molecule has 2 radical (unpaired) electrons. The lowest BCUT2D eigenvalue weighted by Gasteiger charge is -2.03. The minimum Gasteiger partial charge on any atom is -0.207 e. The molecule has 3 aromatic rings. The van der Waals surface area contributed by atoms with Crippen LogP contribution >= 0.6 is 0 Å². The van der Waals surface area contributed by atoms with Gasteiger partial charge in [0.2, 0.25) is 0 Å². The molecule has 0 amide bonds. The fourth-order valence-electron chi connectivity index (χ4n) is 1.89. The van der Waals surface area contributed by atoms with E-state index in [1.54, 1.807) is 12.1 Å². The van der Waals surface area contributed by atoms with E-state index in [2.05, 4.69) is 12.1 Å². The summed E-state index contributed by atoms with van der Waals surface area (Å²) >= 11 is 0. The number of hydrogen-bond acceptors (Lipinski definition) is 0. The van der Waals surface area contributed by atoms with E-state index < -0.39 is 0 Å². The summed E-state index contributed by atoms with van der Waals surface area (Å²) in [7, 11) is 0. The lowest BCUT2D eigenvalue weighted by Crippen LogP contribution is -1.80. The van der Waals surface area contributed by atoms with Crippen molar-refractivity contribution in [3.63, 3.8) is 0 Å². The van der Waals surface area contributed by atoms with Gasteiger partial charge in [0.1, 0.15) is 5.82 Å². The van der Waals surface area contributed by atoms with Gasteiger partial charge in [0.05, 0.1) is 0 Å². The number of rotatable bonds is 1. The number of fused-ring (bicyclic) bond motifs is 1. The van der Waals surface area contributed by atoms with Gasteiger partial charge in [-0.05, 0) is 52.2 Å². The molecule has 0 saturated heterocycles. The van der Waals surface area contributed by atoms with Crippen LogP contribution in [-0.2, 0) is 0 Å². The van der Waals surface area contributed by atoms with Crippen molar-refractivity contribution in [2.75, 3.05) is 0 Å². The Morgan fingerprint density at radius 1 is 0.824 bits per heavy atom. The Labute approximate surface area is 99.3 Å². The van der Waals surface area contributed by atoms with E-state index in [4.69, 9.17) is 0 Å². The van der Waals surface area contributed by atoms with Crippen LogP contribution in [-0.4, -0.2) is 0 Å². The summed E-state index contributed by atoms with van der Waals surface area (Å²) in [6.07, 6.45) is 0. The van der Waals surface area contributed by atoms with Crippen LogP contribution in [0.5, 0.6) is 0 Å². The summed E-state index contributed by atoms with van der Waals surface area (Å²) in [5, 5.41) is 1.93. The second-order valence-corrected chi connectivity index (χ2v) is 3.90. The zero-order valence-corrected chi connectivity index (χ0v) is 9.07. The molecule has 0 unspecified atom stereocenters. The molecule has 80 valence electrons. The highest BCUT2D eigenvalue weighted by atomic mass is 19.1. The fourth-order valence-corrected chi connectivity index (χ4v) is 1.89. The van der Waals surface area contributed by atoms with Crippen molar-refractivity contribution in [1.82, 2.24) is 0 Å². The number of benzene rings is 3. The fraction of sp³-hybridized carbons (Fsp3) is 0. The van der Waals surface area contributed by atoms with Crippen LogP contribution in [0.1, 0.15) is 0 Å². The first-order valence-electron chi connectivity index (χ1n) is 5.41. The Hall–Kier alpha value is -2.15. The molecule has 0 saturated carbocycles. The van der Waals surface area contributed by atoms with Gasteiger partial charge in [-0.3, -0.25) is 0 Å². The maximum Gasteiger partial charge on any atom is 0.123 e. The quantitative estimate of drug-likeness (QED) is 0.575. The third kappa shape index (κ3) is 1.92. The van der Waals surface area contributed by atoms with Gasteiger partial charge in [-0.25, -0.2) is 4.39 Å². The van der Waals surface area contributed by atoms with Crippen LogP contribution in [0.25, 0.3) is 21.9 Å². The average molecular weight is 220 g/mol. The molecule has 0 N–H and O–H groups in total. The zero-order chi connectivity index (χ0) is 11.7. The van der Waals surface area contributed by atoms with E-state index in [-0.39, 0.29) is 5.82 Å². The van der Waals surface area contributed by atoms with E-state index in [9.17, 15) is 4.39 Å². The third-order valence-electron chi connectivity index (χ3n) is 2.74. The summed E-state index contributed by atoms with van der Waals surface area (Å²) in [6, 6.07) is 22.6. The predicted octanol–water partition coefficient (Wildman–Crippen LogP) is 4.25. The first kappa shape index (κ1) is 10.0. The molecule has 0 nitrogen and oxygen atoms in total. The zero-order valence-electron chi connectivity index (χ0n) is 9.07. The van der Waals surface area contributed by atoms with Crippen LogP contribution in [0, 0.1) is 17.9 Å². The van der Waals surface area contributed by atoms with Crippen molar-refractivity contribution < 1.29 is 4.39 Å². The highest BCUT2D eigenvalue weighted by Crippen LogP contribution is 2.24. The Morgan fingerprint density at radius 3 is 2.41 bits per heavy atom. The van der Waals surface area contributed by atoms with Crippen LogP contribution in [0.3, 0.4) is 0 Å². The van der Waals surface area contributed by atoms with E-state index in [1.165, 1.54) is 6.07 Å². The molecular formula is C16H9F. The van der Waals surface area contributed by atoms with Crippen LogP contribution in [0.2, 0.25) is 0 Å². The molecule has 0 heterocycles. The lowest BCUT2D eigenvalue weighted by molar-refractivity contribution is 0.630. The molecule has 3 aromatic carbocycles. The lowest BCUT2D eigenvalue weighted by atomic mass is 10.0. The highest BCUT2D eigenvalue weighted by molar-refractivity contribution is 5.87. The summed E-state index contributed by atoms with van der Waals surface area (Å²) in [5.74, 6) is -0.212. The summed E-state index contributed by atoms with van der Waals surface area (Å²) in [6.45, 7) is 0. The minimum absolute atomic E-state index is 0.212. The maximum absolute atomic E-state index is 13.2. The Bertz CT molecular complexity index is 657. The first-order chi connectivity index (χ1) is 8.33. The standard InChI is InChI=1S/C16H9F/c17-16-9-8-13-6-7-14(10-15(13)11-16)12-4-2-1-3-5-12/h1-3,6-11H. The van der Waals surface area contributed by atoms with Crippen molar-refractivity contribution in [3.05, 3.63) is 72.5 Å². The second-order valence-electron chi connectivity index (χ2n) is 3.90. The topological polar surface area (TPSA) is 0 Å². The largest absolute Gasteiger partial charge is 0.207 e. The van der Waals surface area contributed by atoms with Gasteiger partial charge in [0.25, 0.3) is 0 Å². The Morgan fingerprint density at radius 2 is 1.59 bits per heavy atom. The van der Waals surface area contributed by atoms with Crippen LogP contribution < -0.4 is 0 Å². The monoisotopic (exact) mass is 220 g/mol. The van der Waals surface area contributed by atoms with E-state index in [0.717, 1.165) is 21.9 Å². The van der Waals surface area contributed by atoms with Gasteiger partial charge in [0, 0.05) is 0 Å². The molecular weight excluding hydrogens is 211 g/mol. The van der Waals surface area contributed by atoms with Crippen molar-refractivity contribution in [2.45, 2.75) is 0 Å². The molecule has 0 aliphatic heterocycles. The molecule has 0 aliphatic carbocycles. The summed E-state index contributed by atoms with van der Waals surface area (Å²) in [5.41, 5.74) is 1.90. The summed E-state index contributed by atoms with van der Waals surface area (Å²) < 4.78 is 13.2. The van der Waals surface area contributed by atoms with Gasteiger partial charge < -0.3 is 0 Å². The van der Waals surface area contributed by atoms with Crippen LogP contribution in [0.15, 0.2) is 54.6 Å². The molecule has 3 rings (SSSR count). The van der Waals surface area contributed by atoms with Crippen molar-refractivity contribution >= 4 is 10.8 Å². The molecule has 0 spiro atoms. The molecule has 0 fully saturated rings. The summed E-state index contributed by atoms with van der Waals surface area (Å²) in [4.78, 5) is 0. The molecule has 0 aromatic heterocycles. The molecule has 1 heteroatoms. The number of hydrogen-bond donors (Lipinski definition) is 0. The third-order valence-corrected chi connectivity index (χ3v) is 2.74. The van der Waals surface area contributed by atoms with Crippen molar-refractivity contribution in [2.24, 2.45) is 0 Å². The molecule has 0 bridgehead atoms. The van der Waals surface area contributed by atoms with E-state index in [1.807, 2.05) is 36.4 Å². The van der Waals surface area contributed by atoms with Gasteiger partial charge in [-0.15, -0.1) is 0 Å². The Kier molecular flexibility index (Phi) is 2.37. The van der Waals surface area contributed by atoms with Gasteiger partial charge >= 0.3 is 0 Å². The average Bonchev–Trinajstić information content (AvgIpc) is 2.39.